The Hall–Kier alpha value is -3.33. The van der Waals surface area contributed by atoms with Gasteiger partial charge in [0, 0.05) is 16.8 Å². The first-order chi connectivity index (χ1) is 14.9. The van der Waals surface area contributed by atoms with Crippen LogP contribution in [0.15, 0.2) is 60.7 Å². The number of methoxy groups -OCH3 is 1. The van der Waals surface area contributed by atoms with Crippen molar-refractivity contribution in [1.82, 2.24) is 0 Å². The number of anilines is 1. The fraction of sp³-hybridized carbons (Fsp3) is 0.250. The Morgan fingerprint density at radius 3 is 2.06 bits per heavy atom. The van der Waals surface area contributed by atoms with Crippen LogP contribution >= 0.6 is 0 Å². The van der Waals surface area contributed by atoms with Crippen LogP contribution in [0.1, 0.15) is 61.8 Å². The van der Waals surface area contributed by atoms with Crippen LogP contribution in [0.4, 0.5) is 5.69 Å². The van der Waals surface area contributed by atoms with E-state index >= 15 is 0 Å². The monoisotopic (exact) mass is 411 g/mol. The zero-order valence-corrected chi connectivity index (χ0v) is 18.8. The van der Waals surface area contributed by atoms with Crippen molar-refractivity contribution < 1.29 is 9.53 Å². The molecule has 0 aromatic heterocycles. The van der Waals surface area contributed by atoms with Gasteiger partial charge in [0.25, 0.3) is 5.91 Å². The molecular formula is C28H29NO2. The smallest absolute Gasteiger partial charge is 0.256 e. The van der Waals surface area contributed by atoms with E-state index in [1.807, 2.05) is 30.3 Å². The average molecular weight is 412 g/mol. The molecule has 3 nitrogen and oxygen atoms in total. The summed E-state index contributed by atoms with van der Waals surface area (Å²) in [5, 5.41) is 3.04. The Morgan fingerprint density at radius 1 is 0.839 bits per heavy atom. The van der Waals surface area contributed by atoms with Gasteiger partial charge in [-0.25, -0.2) is 0 Å². The Balaban J connectivity index is 1.79. The molecule has 0 saturated heterocycles. The van der Waals surface area contributed by atoms with E-state index in [4.69, 9.17) is 4.74 Å². The molecule has 4 rings (SSSR count). The molecule has 0 radical (unpaired) electrons. The number of carbonyl (C=O) groups is 1. The maximum atomic E-state index is 12.8. The van der Waals surface area contributed by atoms with Crippen LogP contribution < -0.4 is 10.1 Å². The molecule has 1 amide bonds. The number of nitrogens with one attached hydrogen (secondary N) is 1. The van der Waals surface area contributed by atoms with Gasteiger partial charge >= 0.3 is 0 Å². The highest BCUT2D eigenvalue weighted by atomic mass is 16.5. The highest BCUT2D eigenvalue weighted by Crippen LogP contribution is 2.39. The van der Waals surface area contributed by atoms with Gasteiger partial charge in [0.05, 0.1) is 7.11 Å². The number of ether oxygens (including phenoxy) is 1. The lowest BCUT2D eigenvalue weighted by molar-refractivity contribution is -0.110. The van der Waals surface area contributed by atoms with Gasteiger partial charge in [-0.2, -0.15) is 0 Å². The van der Waals surface area contributed by atoms with Crippen LogP contribution in [0, 0.1) is 0 Å². The fourth-order valence-electron chi connectivity index (χ4n) is 4.19. The number of fused-ring (bicyclic) bond motifs is 1. The Labute approximate surface area is 184 Å². The van der Waals surface area contributed by atoms with Gasteiger partial charge in [0.15, 0.2) is 0 Å². The second-order valence-electron chi connectivity index (χ2n) is 8.68. The minimum absolute atomic E-state index is 0.0618. The molecule has 1 N–H and O–H groups in total. The summed E-state index contributed by atoms with van der Waals surface area (Å²) >= 11 is 0. The summed E-state index contributed by atoms with van der Waals surface area (Å²) in [6.45, 7) is 8.67. The number of amides is 1. The van der Waals surface area contributed by atoms with E-state index in [2.05, 4.69) is 69.4 Å². The molecule has 0 aliphatic carbocycles. The van der Waals surface area contributed by atoms with Crippen molar-refractivity contribution in [2.45, 2.75) is 39.5 Å². The Morgan fingerprint density at radius 2 is 1.48 bits per heavy atom. The van der Waals surface area contributed by atoms with E-state index in [0.29, 0.717) is 17.4 Å². The quantitative estimate of drug-likeness (QED) is 0.455. The lowest BCUT2D eigenvalue weighted by Gasteiger charge is -2.19. The second kappa shape index (κ2) is 8.43. The number of hydrogen-bond donors (Lipinski definition) is 1. The third-order valence-electron chi connectivity index (χ3n) is 5.84. The summed E-state index contributed by atoms with van der Waals surface area (Å²) in [5.41, 5.74) is 8.08. The predicted molar refractivity (Wildman–Crippen MR) is 130 cm³/mol. The van der Waals surface area contributed by atoms with Crippen molar-refractivity contribution in [3.8, 4) is 16.9 Å². The van der Waals surface area contributed by atoms with Crippen LogP contribution in [0.3, 0.4) is 0 Å². The predicted octanol–water partition coefficient (Wildman–Crippen LogP) is 7.10. The van der Waals surface area contributed by atoms with Crippen LogP contribution in [-0.4, -0.2) is 13.0 Å². The zero-order valence-electron chi connectivity index (χ0n) is 18.8. The van der Waals surface area contributed by atoms with Gasteiger partial charge in [-0.15, -0.1) is 0 Å². The fourth-order valence-corrected chi connectivity index (χ4v) is 4.19. The first kappa shape index (κ1) is 20.9. The normalized spacial score (nSPS) is 14.3. The molecule has 0 atom stereocenters. The molecule has 1 heterocycles. The van der Waals surface area contributed by atoms with E-state index in [9.17, 15) is 4.79 Å². The molecule has 0 spiro atoms. The minimum Gasteiger partial charge on any atom is -0.496 e. The molecule has 0 unspecified atom stereocenters. The highest BCUT2D eigenvalue weighted by Gasteiger charge is 2.25. The number of rotatable bonds is 5. The third-order valence-corrected chi connectivity index (χ3v) is 5.84. The maximum absolute atomic E-state index is 12.8. The van der Waals surface area contributed by atoms with E-state index in [0.717, 1.165) is 33.7 Å². The number of benzene rings is 3. The summed E-state index contributed by atoms with van der Waals surface area (Å²) in [4.78, 5) is 12.8. The van der Waals surface area contributed by atoms with Crippen molar-refractivity contribution in [3.63, 3.8) is 0 Å². The SMILES string of the molecule is COc1c(C(C)C)cc(C=C2C(=O)Nc3cc(-c4ccccc4)ccc32)cc1C(C)C. The third kappa shape index (κ3) is 4.00. The molecule has 0 fully saturated rings. The summed E-state index contributed by atoms with van der Waals surface area (Å²) < 4.78 is 5.76. The molecule has 31 heavy (non-hydrogen) atoms. The van der Waals surface area contributed by atoms with E-state index < -0.39 is 0 Å². The van der Waals surface area contributed by atoms with Crippen molar-refractivity contribution in [3.05, 3.63) is 82.9 Å². The first-order valence-electron chi connectivity index (χ1n) is 10.8. The van der Waals surface area contributed by atoms with E-state index in [1.165, 1.54) is 11.1 Å². The first-order valence-corrected chi connectivity index (χ1v) is 10.8. The lowest BCUT2D eigenvalue weighted by Crippen LogP contribution is -2.04. The molecular weight excluding hydrogens is 382 g/mol. The topological polar surface area (TPSA) is 38.3 Å². The van der Waals surface area contributed by atoms with Crippen molar-refractivity contribution in [1.29, 1.82) is 0 Å². The minimum atomic E-state index is -0.0618. The van der Waals surface area contributed by atoms with Crippen LogP contribution in [0.25, 0.3) is 22.8 Å². The van der Waals surface area contributed by atoms with Gasteiger partial charge in [-0.1, -0.05) is 70.2 Å². The van der Waals surface area contributed by atoms with Gasteiger partial charge in [-0.3, -0.25) is 4.79 Å². The highest BCUT2D eigenvalue weighted by molar-refractivity contribution is 6.35. The van der Waals surface area contributed by atoms with Crippen molar-refractivity contribution in [2.75, 3.05) is 12.4 Å². The van der Waals surface area contributed by atoms with Gasteiger partial charge in [0.1, 0.15) is 5.75 Å². The standard InChI is InChI=1S/C28H29NO2/c1-17(2)23-13-19(14-24(18(3)4)27(23)31-5)15-25-22-12-11-21(16-26(22)29-28(25)30)20-9-7-6-8-10-20/h6-18H,1-5H3,(H,29,30). The molecule has 3 aromatic carbocycles. The average Bonchev–Trinajstić information content (AvgIpc) is 3.07. The largest absolute Gasteiger partial charge is 0.496 e. The van der Waals surface area contributed by atoms with E-state index in [1.54, 1.807) is 7.11 Å². The summed E-state index contributed by atoms with van der Waals surface area (Å²) in [6, 6.07) is 20.7. The van der Waals surface area contributed by atoms with Crippen molar-refractivity contribution >= 4 is 23.2 Å². The Bertz CT molecular complexity index is 1130. The molecule has 3 aromatic rings. The molecule has 0 bridgehead atoms. The Kier molecular flexibility index (Phi) is 5.69. The molecule has 3 heteroatoms. The van der Waals surface area contributed by atoms with Gasteiger partial charge in [-0.05, 0) is 63.9 Å². The van der Waals surface area contributed by atoms with Gasteiger partial charge < -0.3 is 10.1 Å². The van der Waals surface area contributed by atoms with Gasteiger partial charge in [0.2, 0.25) is 0 Å². The van der Waals surface area contributed by atoms with Crippen LogP contribution in [0.5, 0.6) is 5.75 Å². The van der Waals surface area contributed by atoms with E-state index in [-0.39, 0.29) is 5.91 Å². The summed E-state index contributed by atoms with van der Waals surface area (Å²) in [5.74, 6) is 1.54. The van der Waals surface area contributed by atoms with Crippen molar-refractivity contribution in [2.24, 2.45) is 0 Å². The number of hydrogen-bond acceptors (Lipinski definition) is 2. The maximum Gasteiger partial charge on any atom is 0.256 e. The lowest BCUT2D eigenvalue weighted by atomic mass is 9.90. The summed E-state index contributed by atoms with van der Waals surface area (Å²) in [6.07, 6.45) is 2.00. The molecule has 158 valence electrons. The van der Waals surface area contributed by atoms with Crippen LogP contribution in [0.2, 0.25) is 0 Å². The second-order valence-corrected chi connectivity index (χ2v) is 8.68. The summed E-state index contributed by atoms with van der Waals surface area (Å²) in [7, 11) is 1.73. The van der Waals surface area contributed by atoms with Crippen LogP contribution in [-0.2, 0) is 4.79 Å². The molecule has 1 aliphatic rings. The number of carbonyl (C=O) groups excluding carboxylic acids is 1. The molecule has 1 aliphatic heterocycles. The molecule has 0 saturated carbocycles. The zero-order chi connectivity index (χ0) is 22.1.